The molecule has 0 aliphatic carbocycles. The molecule has 2 rings (SSSR count). The normalized spacial score (nSPS) is 21.0. The molecule has 1 aliphatic rings. The molecule has 0 bridgehead atoms. The van der Waals surface area contributed by atoms with Crippen LogP contribution in [0.15, 0.2) is 17.2 Å². The molecule has 1 aliphatic heterocycles. The van der Waals surface area contributed by atoms with Crippen molar-refractivity contribution in [1.82, 2.24) is 0 Å². The minimum atomic E-state index is 0.412. The second kappa shape index (κ2) is 2.66. The number of aryl methyl sites for hydroxylation is 1. The average molecular weight is 182 g/mol. The van der Waals surface area contributed by atoms with Crippen LogP contribution >= 0.6 is 11.8 Å². The van der Waals surface area contributed by atoms with Gasteiger partial charge in [0.2, 0.25) is 0 Å². The van der Waals surface area contributed by atoms with Crippen LogP contribution < -0.4 is 4.57 Å². The average Bonchev–Trinajstić information content (AvgIpc) is 2.41. The van der Waals surface area contributed by atoms with Crippen LogP contribution in [0.3, 0.4) is 0 Å². The fourth-order valence-electron chi connectivity index (χ4n) is 1.50. The van der Waals surface area contributed by atoms with Crippen LogP contribution in [-0.4, -0.2) is 10.4 Å². The van der Waals surface area contributed by atoms with Gasteiger partial charge in [0.25, 0.3) is 5.03 Å². The zero-order chi connectivity index (χ0) is 8.72. The van der Waals surface area contributed by atoms with Gasteiger partial charge < -0.3 is 5.11 Å². The molecule has 0 amide bonds. The first-order chi connectivity index (χ1) is 5.68. The molecule has 2 nitrogen and oxygen atoms in total. The van der Waals surface area contributed by atoms with Crippen LogP contribution in [0.2, 0.25) is 0 Å². The third kappa shape index (κ3) is 1.08. The molecule has 0 fully saturated rings. The molecule has 1 atom stereocenters. The zero-order valence-corrected chi connectivity index (χ0v) is 8.06. The van der Waals surface area contributed by atoms with Crippen LogP contribution in [0, 0.1) is 6.92 Å². The number of pyridine rings is 1. The van der Waals surface area contributed by atoms with Crippen molar-refractivity contribution in [2.75, 3.05) is 0 Å². The summed E-state index contributed by atoms with van der Waals surface area (Å²) in [4.78, 5) is 0. The molecule has 12 heavy (non-hydrogen) atoms. The van der Waals surface area contributed by atoms with Crippen molar-refractivity contribution in [3.8, 4) is 5.75 Å². The first-order valence-electron chi connectivity index (χ1n) is 4.07. The quantitative estimate of drug-likeness (QED) is 0.615. The number of rotatable bonds is 0. The summed E-state index contributed by atoms with van der Waals surface area (Å²) in [5.74, 6) is 0.412. The third-order valence-corrected chi connectivity index (χ3v) is 3.33. The van der Waals surface area contributed by atoms with Crippen molar-refractivity contribution >= 4 is 11.8 Å². The topological polar surface area (TPSA) is 24.1 Å². The monoisotopic (exact) mass is 182 g/mol. The standard InChI is InChI=1S/C9H11NOS/c1-6-3-4-8(11)9-10(6)5-7(2)12-9/h3-4,7H,5H2,1-2H3/p+1. The first kappa shape index (κ1) is 7.92. The second-order valence-electron chi connectivity index (χ2n) is 3.20. The maximum atomic E-state index is 9.53. The van der Waals surface area contributed by atoms with Gasteiger partial charge in [0.05, 0.1) is 5.25 Å². The summed E-state index contributed by atoms with van der Waals surface area (Å²) in [5, 5.41) is 11.1. The summed E-state index contributed by atoms with van der Waals surface area (Å²) >= 11 is 1.74. The molecule has 0 radical (unpaired) electrons. The van der Waals surface area contributed by atoms with E-state index in [1.165, 1.54) is 5.69 Å². The van der Waals surface area contributed by atoms with Gasteiger partial charge in [-0.2, -0.15) is 4.57 Å². The van der Waals surface area contributed by atoms with Gasteiger partial charge in [0.15, 0.2) is 18.0 Å². The van der Waals surface area contributed by atoms with Crippen LogP contribution in [-0.2, 0) is 6.54 Å². The van der Waals surface area contributed by atoms with Gasteiger partial charge in [-0.3, -0.25) is 0 Å². The lowest BCUT2D eigenvalue weighted by Crippen LogP contribution is -2.37. The number of nitrogens with zero attached hydrogens (tertiary/aromatic N) is 1. The van der Waals surface area contributed by atoms with Gasteiger partial charge in [-0.05, 0) is 24.8 Å². The minimum Gasteiger partial charge on any atom is -0.502 e. The maximum absolute atomic E-state index is 9.53. The molecular weight excluding hydrogens is 170 g/mol. The Hall–Kier alpha value is -0.700. The Labute approximate surface area is 76.2 Å². The van der Waals surface area contributed by atoms with E-state index in [1.807, 2.05) is 6.07 Å². The van der Waals surface area contributed by atoms with Crippen molar-refractivity contribution in [3.05, 3.63) is 17.8 Å². The van der Waals surface area contributed by atoms with E-state index in [0.29, 0.717) is 11.0 Å². The number of aromatic hydroxyl groups is 1. The number of hydrogen-bond acceptors (Lipinski definition) is 2. The molecule has 0 spiro atoms. The highest BCUT2D eigenvalue weighted by Crippen LogP contribution is 2.33. The smallest absolute Gasteiger partial charge is 0.283 e. The highest BCUT2D eigenvalue weighted by Gasteiger charge is 2.30. The predicted octanol–water partition coefficient (Wildman–Crippen LogP) is 1.48. The van der Waals surface area contributed by atoms with Gasteiger partial charge in [-0.1, -0.05) is 0 Å². The minimum absolute atomic E-state index is 0.412. The van der Waals surface area contributed by atoms with Gasteiger partial charge in [0, 0.05) is 13.0 Å². The SMILES string of the molecule is Cc1ccc(O)c2[n+]1CC(C)S2. The predicted molar refractivity (Wildman–Crippen MR) is 48.4 cm³/mol. The lowest BCUT2D eigenvalue weighted by Gasteiger charge is -1.96. The van der Waals surface area contributed by atoms with Crippen molar-refractivity contribution in [2.45, 2.75) is 30.7 Å². The highest BCUT2D eigenvalue weighted by atomic mass is 32.2. The fourth-order valence-corrected chi connectivity index (χ4v) is 2.63. The van der Waals surface area contributed by atoms with Crippen LogP contribution in [0.5, 0.6) is 5.75 Å². The lowest BCUT2D eigenvalue weighted by atomic mass is 10.3. The van der Waals surface area contributed by atoms with Crippen LogP contribution in [0.4, 0.5) is 0 Å². The third-order valence-electron chi connectivity index (χ3n) is 2.12. The molecule has 3 heteroatoms. The molecule has 0 saturated carbocycles. The second-order valence-corrected chi connectivity index (χ2v) is 4.63. The maximum Gasteiger partial charge on any atom is 0.283 e. The molecule has 1 aromatic heterocycles. The Morgan fingerprint density at radius 1 is 1.58 bits per heavy atom. The summed E-state index contributed by atoms with van der Waals surface area (Å²) in [7, 11) is 0. The van der Waals surface area contributed by atoms with E-state index in [4.69, 9.17) is 0 Å². The van der Waals surface area contributed by atoms with Crippen molar-refractivity contribution in [3.63, 3.8) is 0 Å². The van der Waals surface area contributed by atoms with E-state index >= 15 is 0 Å². The van der Waals surface area contributed by atoms with Crippen LogP contribution in [0.1, 0.15) is 12.6 Å². The number of thioether (sulfide) groups is 1. The molecule has 0 saturated heterocycles. The molecular formula is C9H12NOS+. The fraction of sp³-hybridized carbons (Fsp3) is 0.444. The Morgan fingerprint density at radius 2 is 2.33 bits per heavy atom. The van der Waals surface area contributed by atoms with Crippen molar-refractivity contribution < 1.29 is 9.67 Å². The molecule has 1 aromatic rings. The van der Waals surface area contributed by atoms with E-state index in [9.17, 15) is 5.11 Å². The van der Waals surface area contributed by atoms with Crippen molar-refractivity contribution in [2.24, 2.45) is 0 Å². The van der Waals surface area contributed by atoms with Gasteiger partial charge in [-0.15, -0.1) is 0 Å². The van der Waals surface area contributed by atoms with E-state index < -0.39 is 0 Å². The Kier molecular flexibility index (Phi) is 1.76. The molecule has 2 heterocycles. The molecule has 1 N–H and O–H groups in total. The molecule has 0 aromatic carbocycles. The number of hydrogen-bond donors (Lipinski definition) is 1. The van der Waals surface area contributed by atoms with Crippen molar-refractivity contribution in [1.29, 1.82) is 0 Å². The largest absolute Gasteiger partial charge is 0.502 e. The lowest BCUT2D eigenvalue weighted by molar-refractivity contribution is -0.731. The van der Waals surface area contributed by atoms with Gasteiger partial charge >= 0.3 is 0 Å². The zero-order valence-electron chi connectivity index (χ0n) is 7.24. The first-order valence-corrected chi connectivity index (χ1v) is 4.95. The van der Waals surface area contributed by atoms with Gasteiger partial charge in [0.1, 0.15) is 0 Å². The Bertz CT molecular complexity index is 294. The number of aromatic nitrogens is 1. The highest BCUT2D eigenvalue weighted by molar-refractivity contribution is 7.99. The summed E-state index contributed by atoms with van der Waals surface area (Å²) < 4.78 is 2.17. The van der Waals surface area contributed by atoms with E-state index in [2.05, 4.69) is 18.4 Å². The summed E-state index contributed by atoms with van der Waals surface area (Å²) in [6.07, 6.45) is 0. The molecule has 64 valence electrons. The number of fused-ring (bicyclic) bond motifs is 1. The molecule has 1 unspecified atom stereocenters. The Balaban J connectivity index is 2.56. The van der Waals surface area contributed by atoms with E-state index in [1.54, 1.807) is 17.8 Å². The summed E-state index contributed by atoms with van der Waals surface area (Å²) in [6.45, 7) is 5.26. The Morgan fingerprint density at radius 3 is 3.00 bits per heavy atom. The van der Waals surface area contributed by atoms with Gasteiger partial charge in [-0.25, -0.2) is 0 Å². The van der Waals surface area contributed by atoms with Crippen LogP contribution in [0.25, 0.3) is 0 Å². The summed E-state index contributed by atoms with van der Waals surface area (Å²) in [5.41, 5.74) is 1.22. The van der Waals surface area contributed by atoms with E-state index in [-0.39, 0.29) is 0 Å². The van der Waals surface area contributed by atoms with E-state index in [0.717, 1.165) is 11.6 Å². The summed E-state index contributed by atoms with van der Waals surface area (Å²) in [6, 6.07) is 3.73.